The van der Waals surface area contributed by atoms with E-state index in [0.717, 1.165) is 4.31 Å². The fourth-order valence-corrected chi connectivity index (χ4v) is 5.05. The smallest absolute Gasteiger partial charge is 0.493 e. The predicted molar refractivity (Wildman–Crippen MR) is 139 cm³/mol. The molecule has 0 saturated carbocycles. The lowest BCUT2D eigenvalue weighted by Gasteiger charge is -2.24. The van der Waals surface area contributed by atoms with E-state index in [1.54, 1.807) is 24.3 Å². The number of carbonyl (C=O) groups is 2. The minimum Gasteiger partial charge on any atom is -0.493 e. The molecule has 3 aromatic carbocycles. The molecule has 10 nitrogen and oxygen atoms in total. The van der Waals surface area contributed by atoms with Gasteiger partial charge in [-0.15, -0.1) is 0 Å². The van der Waals surface area contributed by atoms with E-state index in [4.69, 9.17) is 32.7 Å². The largest absolute Gasteiger partial charge is 0.513 e. The van der Waals surface area contributed by atoms with Crippen LogP contribution in [0.5, 0.6) is 11.5 Å². The van der Waals surface area contributed by atoms with Crippen LogP contribution in [0.1, 0.15) is 5.56 Å². The monoisotopic (exact) mass is 565 g/mol. The Labute approximate surface area is 223 Å². The van der Waals surface area contributed by atoms with Crippen LogP contribution in [0.2, 0.25) is 10.0 Å². The number of carbonyl (C=O) groups excluding carboxylic acids is 2. The van der Waals surface area contributed by atoms with E-state index in [2.05, 4.69) is 15.3 Å². The average Bonchev–Trinajstić information content (AvgIpc) is 2.88. The van der Waals surface area contributed by atoms with Gasteiger partial charge in [0.2, 0.25) is 0 Å². The normalized spacial score (nSPS) is 11.1. The van der Waals surface area contributed by atoms with Crippen LogP contribution in [0.15, 0.2) is 76.7 Å². The molecule has 1 N–H and O–H groups in total. The van der Waals surface area contributed by atoms with Crippen molar-refractivity contribution >= 4 is 57.2 Å². The van der Waals surface area contributed by atoms with Crippen LogP contribution < -0.4 is 19.2 Å². The van der Waals surface area contributed by atoms with Crippen LogP contribution in [0, 0.1) is 0 Å². The van der Waals surface area contributed by atoms with Gasteiger partial charge in [0.25, 0.3) is 15.9 Å². The molecule has 0 atom stereocenters. The number of hydrogen-bond donors (Lipinski definition) is 1. The lowest BCUT2D eigenvalue weighted by molar-refractivity contribution is -0.119. The van der Waals surface area contributed by atoms with Gasteiger partial charge in [-0.05, 0) is 54.1 Å². The summed E-state index contributed by atoms with van der Waals surface area (Å²) >= 11 is 12.2. The fourth-order valence-electron chi connectivity index (χ4n) is 3.03. The van der Waals surface area contributed by atoms with Crippen molar-refractivity contribution in [3.8, 4) is 11.5 Å². The molecule has 0 saturated heterocycles. The molecule has 0 aliphatic carbocycles. The molecule has 0 unspecified atom stereocenters. The highest BCUT2D eigenvalue weighted by Gasteiger charge is 2.28. The zero-order chi connectivity index (χ0) is 27.0. The van der Waals surface area contributed by atoms with Gasteiger partial charge in [0, 0.05) is 5.02 Å². The standard InChI is InChI=1S/C24H21Cl2N3O7S/c1-34-22-12-16(8-11-21(22)36-24(31)35-2)14-27-28-23(30)15-29(20-10-9-17(25)13-19(20)26)37(32,33)18-6-4-3-5-7-18/h3-14H,15H2,1-2H3,(H,28,30). The molecule has 3 aromatic rings. The molecule has 0 aromatic heterocycles. The minimum absolute atomic E-state index is 0.0290. The second-order valence-corrected chi connectivity index (χ2v) is 9.89. The first-order valence-electron chi connectivity index (χ1n) is 10.4. The van der Waals surface area contributed by atoms with Crippen LogP contribution in [-0.4, -0.2) is 47.5 Å². The number of sulfonamides is 1. The predicted octanol–water partition coefficient (Wildman–Crippen LogP) is 4.49. The molecule has 0 heterocycles. The number of anilines is 1. The van der Waals surface area contributed by atoms with Crippen LogP contribution in [-0.2, 0) is 19.6 Å². The lowest BCUT2D eigenvalue weighted by Crippen LogP contribution is -2.39. The molecule has 0 radical (unpaired) electrons. The van der Waals surface area contributed by atoms with Gasteiger partial charge in [-0.1, -0.05) is 41.4 Å². The summed E-state index contributed by atoms with van der Waals surface area (Å²) in [5.41, 5.74) is 2.85. The Kier molecular flexibility index (Phi) is 9.34. The first-order chi connectivity index (χ1) is 17.6. The Morgan fingerprint density at radius 3 is 2.38 bits per heavy atom. The van der Waals surface area contributed by atoms with E-state index in [-0.39, 0.29) is 27.1 Å². The van der Waals surface area contributed by atoms with Gasteiger partial charge >= 0.3 is 6.16 Å². The average molecular weight is 566 g/mol. The molecule has 194 valence electrons. The third-order valence-electron chi connectivity index (χ3n) is 4.75. The van der Waals surface area contributed by atoms with Crippen LogP contribution in [0.3, 0.4) is 0 Å². The van der Waals surface area contributed by atoms with E-state index >= 15 is 0 Å². The van der Waals surface area contributed by atoms with Gasteiger partial charge < -0.3 is 14.2 Å². The molecule has 1 amide bonds. The molecule has 0 aliphatic heterocycles. The van der Waals surface area contributed by atoms with Crippen molar-refractivity contribution in [2.24, 2.45) is 5.10 Å². The van der Waals surface area contributed by atoms with E-state index in [1.807, 2.05) is 0 Å². The molecular formula is C24H21Cl2N3O7S. The summed E-state index contributed by atoms with van der Waals surface area (Å²) in [5.74, 6) is -0.394. The number of hydrazone groups is 1. The van der Waals surface area contributed by atoms with Crippen LogP contribution >= 0.6 is 23.2 Å². The number of methoxy groups -OCH3 is 2. The third kappa shape index (κ3) is 7.13. The highest BCUT2D eigenvalue weighted by molar-refractivity contribution is 7.92. The molecule has 0 spiro atoms. The van der Waals surface area contributed by atoms with E-state index in [9.17, 15) is 18.0 Å². The number of nitrogens with zero attached hydrogens (tertiary/aromatic N) is 2. The SMILES string of the molecule is COC(=O)Oc1ccc(C=NNC(=O)CN(c2ccc(Cl)cc2Cl)S(=O)(=O)c2ccccc2)cc1OC. The molecule has 13 heteroatoms. The summed E-state index contributed by atoms with van der Waals surface area (Å²) < 4.78 is 42.2. The first kappa shape index (κ1) is 27.8. The minimum atomic E-state index is -4.16. The summed E-state index contributed by atoms with van der Waals surface area (Å²) in [6.45, 7) is -0.620. The maximum atomic E-state index is 13.4. The van der Waals surface area contributed by atoms with Crippen molar-refractivity contribution in [2.45, 2.75) is 4.90 Å². The molecule has 0 fully saturated rings. The summed E-state index contributed by atoms with van der Waals surface area (Å²) in [5, 5.41) is 4.22. The fraction of sp³-hybridized carbons (Fsp3) is 0.125. The zero-order valence-electron chi connectivity index (χ0n) is 19.6. The second kappa shape index (κ2) is 12.4. The maximum absolute atomic E-state index is 13.4. The Bertz CT molecular complexity index is 1420. The topological polar surface area (TPSA) is 124 Å². The van der Waals surface area contributed by atoms with Gasteiger partial charge in [0.1, 0.15) is 6.54 Å². The highest BCUT2D eigenvalue weighted by Crippen LogP contribution is 2.32. The van der Waals surface area contributed by atoms with Crippen molar-refractivity contribution in [1.82, 2.24) is 5.43 Å². The zero-order valence-corrected chi connectivity index (χ0v) is 21.9. The summed E-state index contributed by atoms with van der Waals surface area (Å²) in [6, 6.07) is 16.4. The third-order valence-corrected chi connectivity index (χ3v) is 7.06. The van der Waals surface area contributed by atoms with Gasteiger partial charge in [-0.2, -0.15) is 5.10 Å². The lowest BCUT2D eigenvalue weighted by atomic mass is 10.2. The van der Waals surface area contributed by atoms with Crippen molar-refractivity contribution in [1.29, 1.82) is 0 Å². The first-order valence-corrected chi connectivity index (χ1v) is 12.6. The van der Waals surface area contributed by atoms with E-state index < -0.39 is 28.6 Å². The van der Waals surface area contributed by atoms with Gasteiger partial charge in [0.15, 0.2) is 11.5 Å². The molecule has 3 rings (SSSR count). The number of amides is 1. The summed E-state index contributed by atoms with van der Waals surface area (Å²) in [6.07, 6.45) is 0.385. The quantitative estimate of drug-likeness (QED) is 0.175. The summed E-state index contributed by atoms with van der Waals surface area (Å²) in [7, 11) is -1.61. The maximum Gasteiger partial charge on any atom is 0.513 e. The number of halogens is 2. The number of nitrogens with one attached hydrogen (secondary N) is 1. The van der Waals surface area contributed by atoms with Crippen molar-refractivity contribution < 1.29 is 32.2 Å². The van der Waals surface area contributed by atoms with Crippen molar-refractivity contribution in [3.05, 3.63) is 82.3 Å². The van der Waals surface area contributed by atoms with Gasteiger partial charge in [-0.25, -0.2) is 18.6 Å². The molecule has 0 aliphatic rings. The molecular weight excluding hydrogens is 545 g/mol. The van der Waals surface area contributed by atoms with Crippen molar-refractivity contribution in [2.75, 3.05) is 25.1 Å². The Morgan fingerprint density at radius 2 is 1.73 bits per heavy atom. The highest BCUT2D eigenvalue weighted by atomic mass is 35.5. The van der Waals surface area contributed by atoms with E-state index in [0.29, 0.717) is 10.6 Å². The van der Waals surface area contributed by atoms with Gasteiger partial charge in [-0.3, -0.25) is 9.10 Å². The van der Waals surface area contributed by atoms with Gasteiger partial charge in [0.05, 0.1) is 36.0 Å². The van der Waals surface area contributed by atoms with Crippen molar-refractivity contribution in [3.63, 3.8) is 0 Å². The number of ether oxygens (including phenoxy) is 3. The number of rotatable bonds is 9. The van der Waals surface area contributed by atoms with E-state index in [1.165, 1.54) is 62.9 Å². The number of benzene rings is 3. The Balaban J connectivity index is 1.80. The Morgan fingerprint density at radius 1 is 1.00 bits per heavy atom. The second-order valence-electron chi connectivity index (χ2n) is 7.18. The Hall–Kier alpha value is -3.80. The van der Waals surface area contributed by atoms with Crippen LogP contribution in [0.25, 0.3) is 0 Å². The molecule has 0 bridgehead atoms. The molecule has 37 heavy (non-hydrogen) atoms. The van der Waals surface area contributed by atoms with Crippen LogP contribution in [0.4, 0.5) is 10.5 Å². The number of hydrogen-bond acceptors (Lipinski definition) is 8. The summed E-state index contributed by atoms with van der Waals surface area (Å²) in [4.78, 5) is 24.0.